The molecule has 111 heavy (non-hydrogen) atoms. The minimum Gasteiger partial charge on any atom is -0.0596 e. The maximum absolute atomic E-state index is 2.93. The number of hydrogen-bond acceptors (Lipinski definition) is 0. The summed E-state index contributed by atoms with van der Waals surface area (Å²) in [6.45, 7) is 51.2. The van der Waals surface area contributed by atoms with Crippen molar-refractivity contribution < 1.29 is 0 Å². The van der Waals surface area contributed by atoms with Crippen LogP contribution >= 0.6 is 0 Å². The molecule has 13 aliphatic carbocycles. The molecule has 22 rings (SSSR count). The highest BCUT2D eigenvalue weighted by atomic mass is 14.7. The zero-order valence-electron chi connectivity index (χ0n) is 73.0. The van der Waals surface area contributed by atoms with Gasteiger partial charge in [0.15, 0.2) is 0 Å². The van der Waals surface area contributed by atoms with Crippen molar-refractivity contribution in [3.63, 3.8) is 0 Å². The summed E-state index contributed by atoms with van der Waals surface area (Å²) in [5, 5.41) is 0. The van der Waals surface area contributed by atoms with Gasteiger partial charge in [0.1, 0.15) is 0 Å². The molecule has 13 aliphatic rings. The van der Waals surface area contributed by atoms with E-state index in [4.69, 9.17) is 0 Å². The fourth-order valence-corrected chi connectivity index (χ4v) is 29.0. The molecule has 12 fully saturated rings. The van der Waals surface area contributed by atoms with Gasteiger partial charge in [-0.15, -0.1) is 0 Å². The van der Waals surface area contributed by atoms with Crippen molar-refractivity contribution in [3.05, 3.63) is 314 Å². The number of fused-ring (bicyclic) bond motifs is 8. The molecule has 12 saturated carbocycles. The molecular formula is C111H138. The summed E-state index contributed by atoms with van der Waals surface area (Å²) < 4.78 is 0. The van der Waals surface area contributed by atoms with Crippen LogP contribution in [0.2, 0.25) is 0 Å². The quantitative estimate of drug-likeness (QED) is 0.146. The maximum atomic E-state index is 2.93. The van der Waals surface area contributed by atoms with E-state index in [1.807, 2.05) is 16.7 Å². The Morgan fingerprint density at radius 3 is 0.604 bits per heavy atom. The smallest absolute Gasteiger partial charge is 0.0423 e. The van der Waals surface area contributed by atoms with Crippen LogP contribution in [0.4, 0.5) is 0 Å². The van der Waals surface area contributed by atoms with Crippen LogP contribution in [-0.2, 0) is 21.7 Å². The minimum absolute atomic E-state index is 0.144. The van der Waals surface area contributed by atoms with Gasteiger partial charge in [-0.2, -0.15) is 0 Å². The summed E-state index contributed by atoms with van der Waals surface area (Å²) in [5.74, 6) is 7.40. The van der Waals surface area contributed by atoms with Crippen LogP contribution < -0.4 is 0 Å². The molecule has 0 spiro atoms. The van der Waals surface area contributed by atoms with Crippen LogP contribution in [-0.4, -0.2) is 0 Å². The van der Waals surface area contributed by atoms with Gasteiger partial charge in [0.25, 0.3) is 0 Å². The second-order valence-electron chi connectivity index (χ2n) is 42.5. The molecule has 0 amide bonds. The van der Waals surface area contributed by atoms with E-state index in [9.17, 15) is 0 Å². The van der Waals surface area contributed by atoms with Crippen molar-refractivity contribution in [1.29, 1.82) is 0 Å². The third kappa shape index (κ3) is 14.5. The summed E-state index contributed by atoms with van der Waals surface area (Å²) in [5.41, 5.74) is 43.6. The molecule has 0 heterocycles. The van der Waals surface area contributed by atoms with Crippen LogP contribution in [0.5, 0.6) is 0 Å². The van der Waals surface area contributed by atoms with Gasteiger partial charge in [-0.1, -0.05) is 240 Å². The summed E-state index contributed by atoms with van der Waals surface area (Å²) in [6, 6.07) is 62.0. The monoisotopic (exact) mass is 1470 g/mol. The molecule has 0 nitrogen and oxygen atoms in total. The lowest BCUT2D eigenvalue weighted by Crippen LogP contribution is -2.55. The first-order valence-electron chi connectivity index (χ1n) is 44.4. The SMILES string of the molecule is CC12CC3CC(C1)CC(c1cc(C45CC6CC(CC(C)(C6)C4)C5)cc(C45CC6CC(CC(C)(C6)C4)C5)c1)(C3)C2.Cc1cc(C)c2cc1C(C)c1cc(c(C)cc1C)C(C)c1cc(c(C)cc1C)C(C)c1cc(c(C)cc1C)C2C.Cc1cc(C)cc(C)c1.Cc1ccc(C(C)(c2ccc(C)cc2)c2ccc(C)cc2)cc1. The number of benzene rings is 9. The van der Waals surface area contributed by atoms with Gasteiger partial charge in [-0.3, -0.25) is 0 Å². The average Bonchev–Trinajstić information content (AvgIpc) is 0.693. The Hall–Kier alpha value is -7.02. The van der Waals surface area contributed by atoms with Crippen LogP contribution in [0.25, 0.3) is 0 Å². The van der Waals surface area contributed by atoms with E-state index in [0.29, 0.717) is 56.2 Å². The lowest BCUT2D eigenvalue weighted by Gasteiger charge is -2.64. The van der Waals surface area contributed by atoms with Crippen LogP contribution in [0.3, 0.4) is 0 Å². The highest BCUT2D eigenvalue weighted by Gasteiger charge is 2.61. The molecule has 9 aromatic carbocycles. The second-order valence-corrected chi connectivity index (χ2v) is 42.5. The Bertz CT molecular complexity index is 4300. The molecule has 0 aromatic heterocycles. The van der Waals surface area contributed by atoms with Crippen LogP contribution in [0, 0.1) is 149 Å². The molecule has 0 radical (unpaired) electrons. The molecule has 0 saturated heterocycles. The second kappa shape index (κ2) is 28.8. The first kappa shape index (κ1) is 77.9. The van der Waals surface area contributed by atoms with E-state index in [-0.39, 0.29) is 5.41 Å². The van der Waals surface area contributed by atoms with Gasteiger partial charge >= 0.3 is 0 Å². The van der Waals surface area contributed by atoms with E-state index >= 15 is 0 Å². The van der Waals surface area contributed by atoms with Crippen molar-refractivity contribution in [2.45, 2.75) is 313 Å². The van der Waals surface area contributed by atoms with E-state index in [2.05, 4.69) is 310 Å². The minimum atomic E-state index is -0.144. The Balaban J connectivity index is 0.000000123. The summed E-state index contributed by atoms with van der Waals surface area (Å²) in [4.78, 5) is 0. The first-order chi connectivity index (χ1) is 52.5. The van der Waals surface area contributed by atoms with Gasteiger partial charge in [0.2, 0.25) is 0 Å². The Morgan fingerprint density at radius 1 is 0.234 bits per heavy atom. The molecule has 0 N–H and O–H groups in total. The maximum Gasteiger partial charge on any atom is 0.0423 e. The Kier molecular flexibility index (Phi) is 20.2. The normalized spacial score (nSPS) is 31.4. The average molecular weight is 1470 g/mol. The molecule has 6 unspecified atom stereocenters. The lowest BCUT2D eigenvalue weighted by atomic mass is 9.41. The standard InChI is InChI=1S/C40H48.C39H54.C23H24.C9H12/c1-21-13-22(2)34-17-33(21)29(9)35-18-36(24(4)14-23(35)3)31(11)39-20-40(28(8)16-27(39)7)32(12)38-19-37(30(34)10)25(5)15-26(38)6;1-34-10-25-4-26(11-34)17-37(16-25,22-34)31-7-32(38-18-27-5-28(19-38)13-35(2,12-27)23-38)9-33(8-31)39-20-29-6-30(21-39)15-36(3,14-29)24-39;1-17-5-11-20(12-6-17)23(4,21-13-7-18(2)8-14-21)22-15-9-19(3)10-16-22;1-7-4-8(2)6-9(3)5-7/h13-20,29-32H,1-12H3;7-9,25-30H,4-6,10-24H2,1-3H3;5-16H,1-4H3;4-6H,1-3H3. The highest BCUT2D eigenvalue weighted by molar-refractivity contribution is 5.57. The van der Waals surface area contributed by atoms with Crippen LogP contribution in [0.1, 0.15) is 350 Å². The van der Waals surface area contributed by atoms with Gasteiger partial charge in [-0.25, -0.2) is 0 Å². The molecule has 6 atom stereocenters. The van der Waals surface area contributed by atoms with Gasteiger partial charge in [0.05, 0.1) is 0 Å². The van der Waals surface area contributed by atoms with Crippen molar-refractivity contribution in [1.82, 2.24) is 0 Å². The van der Waals surface area contributed by atoms with Crippen molar-refractivity contribution in [3.8, 4) is 0 Å². The lowest BCUT2D eigenvalue weighted by molar-refractivity contribution is -0.0664. The third-order valence-corrected chi connectivity index (χ3v) is 32.4. The zero-order valence-corrected chi connectivity index (χ0v) is 73.0. The summed E-state index contributed by atoms with van der Waals surface area (Å²) in [6.07, 6.45) is 27.5. The Morgan fingerprint density at radius 2 is 0.423 bits per heavy atom. The molecule has 20 bridgehead atoms. The number of rotatable bonds is 6. The topological polar surface area (TPSA) is 0 Å². The predicted octanol–water partition coefficient (Wildman–Crippen LogP) is 29.9. The van der Waals surface area contributed by atoms with Crippen molar-refractivity contribution in [2.75, 3.05) is 0 Å². The molecule has 9 aromatic rings. The van der Waals surface area contributed by atoms with E-state index in [0.717, 1.165) is 35.5 Å². The van der Waals surface area contributed by atoms with Gasteiger partial charge in [0, 0.05) is 29.1 Å². The zero-order chi connectivity index (χ0) is 78.6. The predicted molar refractivity (Wildman–Crippen MR) is 473 cm³/mol. The molecule has 0 aliphatic heterocycles. The van der Waals surface area contributed by atoms with Crippen LogP contribution in [0.15, 0.2) is 158 Å². The molecule has 0 heteroatoms. The van der Waals surface area contributed by atoms with E-state index in [1.165, 1.54) is 235 Å². The molecular weight excluding hydrogens is 1330 g/mol. The highest BCUT2D eigenvalue weighted by Crippen LogP contribution is 2.71. The van der Waals surface area contributed by atoms with Gasteiger partial charge in [-0.05, 0) is 410 Å². The fourth-order valence-electron chi connectivity index (χ4n) is 29.0. The summed E-state index contributed by atoms with van der Waals surface area (Å²) in [7, 11) is 0. The van der Waals surface area contributed by atoms with Crippen molar-refractivity contribution >= 4 is 0 Å². The van der Waals surface area contributed by atoms with E-state index < -0.39 is 0 Å². The first-order valence-corrected chi connectivity index (χ1v) is 44.4. The fraction of sp³-hybridized carbons (Fsp3) is 0.514. The van der Waals surface area contributed by atoms with Crippen molar-refractivity contribution in [2.24, 2.45) is 51.8 Å². The largest absolute Gasteiger partial charge is 0.0596 e. The van der Waals surface area contributed by atoms with Gasteiger partial charge < -0.3 is 0 Å². The number of aryl methyl sites for hydroxylation is 14. The van der Waals surface area contributed by atoms with E-state index in [1.54, 1.807) is 19.3 Å². The Labute approximate surface area is 674 Å². The number of hydrogen-bond donors (Lipinski definition) is 0. The summed E-state index contributed by atoms with van der Waals surface area (Å²) >= 11 is 0. The third-order valence-electron chi connectivity index (χ3n) is 32.4. The molecule has 582 valence electrons.